The quantitative estimate of drug-likeness (QED) is 0.779. The summed E-state index contributed by atoms with van der Waals surface area (Å²) in [4.78, 5) is 23.2. The van der Waals surface area contributed by atoms with Crippen LogP contribution in [-0.4, -0.2) is 25.0 Å². The summed E-state index contributed by atoms with van der Waals surface area (Å²) in [5, 5.41) is 2.55. The monoisotopic (exact) mass is 351 g/mol. The minimum absolute atomic E-state index is 0.103. The molecule has 24 heavy (non-hydrogen) atoms. The second-order valence-electron chi connectivity index (χ2n) is 4.77. The molecule has 0 spiro atoms. The van der Waals surface area contributed by atoms with Gasteiger partial charge in [0.2, 0.25) is 0 Å². The number of rotatable bonds is 7. The van der Waals surface area contributed by atoms with Crippen molar-refractivity contribution < 1.29 is 23.5 Å². The van der Waals surface area contributed by atoms with Crippen LogP contribution >= 0.6 is 11.6 Å². The molecule has 0 saturated carbocycles. The van der Waals surface area contributed by atoms with E-state index in [0.29, 0.717) is 11.3 Å². The molecule has 2 aromatic rings. The summed E-state index contributed by atoms with van der Waals surface area (Å²) >= 11 is 5.82. The lowest BCUT2D eigenvalue weighted by molar-refractivity contribution is -0.145. The minimum atomic E-state index is -0.636. The highest BCUT2D eigenvalue weighted by Gasteiger charge is 2.09. The van der Waals surface area contributed by atoms with Crippen molar-refractivity contribution >= 4 is 23.5 Å². The van der Waals surface area contributed by atoms with Crippen molar-refractivity contribution in [2.24, 2.45) is 0 Å². The zero-order valence-electron chi connectivity index (χ0n) is 12.6. The third kappa shape index (κ3) is 5.89. The average molecular weight is 352 g/mol. The third-order valence-corrected chi connectivity index (χ3v) is 3.30. The summed E-state index contributed by atoms with van der Waals surface area (Å²) in [5.74, 6) is -0.999. The van der Waals surface area contributed by atoms with Gasteiger partial charge in [-0.15, -0.1) is 0 Å². The maximum Gasteiger partial charge on any atom is 0.325 e. The Morgan fingerprint density at radius 2 is 1.88 bits per heavy atom. The van der Waals surface area contributed by atoms with Gasteiger partial charge >= 0.3 is 5.97 Å². The van der Waals surface area contributed by atoms with Crippen LogP contribution < -0.4 is 10.1 Å². The van der Waals surface area contributed by atoms with E-state index in [1.165, 1.54) is 12.1 Å². The molecule has 5 nitrogen and oxygen atoms in total. The summed E-state index contributed by atoms with van der Waals surface area (Å²) < 4.78 is 23.1. The van der Waals surface area contributed by atoms with E-state index >= 15 is 0 Å². The molecule has 0 heterocycles. The van der Waals surface area contributed by atoms with Gasteiger partial charge in [-0.1, -0.05) is 35.9 Å². The lowest BCUT2D eigenvalue weighted by atomic mass is 10.2. The highest BCUT2D eigenvalue weighted by atomic mass is 35.5. The summed E-state index contributed by atoms with van der Waals surface area (Å²) in [6, 6.07) is 12.6. The molecule has 2 aromatic carbocycles. The van der Waals surface area contributed by atoms with Crippen LogP contribution in [0.3, 0.4) is 0 Å². The Kier molecular flexibility index (Phi) is 6.57. The van der Waals surface area contributed by atoms with E-state index in [1.54, 1.807) is 24.3 Å². The summed E-state index contributed by atoms with van der Waals surface area (Å²) in [7, 11) is 0. The van der Waals surface area contributed by atoms with Crippen molar-refractivity contribution in [1.82, 2.24) is 5.32 Å². The number of carbonyl (C=O) groups excluding carboxylic acids is 2. The number of benzene rings is 2. The van der Waals surface area contributed by atoms with Gasteiger partial charge in [0.15, 0.2) is 6.61 Å². The molecule has 1 amide bonds. The van der Waals surface area contributed by atoms with Crippen LogP contribution in [-0.2, 0) is 20.9 Å². The van der Waals surface area contributed by atoms with Crippen LogP contribution in [0.2, 0.25) is 5.02 Å². The summed E-state index contributed by atoms with van der Waals surface area (Å²) in [6.45, 7) is -0.606. The Bertz CT molecular complexity index is 709. The van der Waals surface area contributed by atoms with Crippen LogP contribution in [0.1, 0.15) is 5.56 Å². The topological polar surface area (TPSA) is 64.6 Å². The Labute approximate surface area is 143 Å². The predicted octanol–water partition coefficient (Wildman–Crippen LogP) is 2.72. The first-order chi connectivity index (χ1) is 11.5. The standard InChI is InChI=1S/C17H15ClFNO4/c18-15-8-13(19)7-6-12(15)10-24-17(22)9-20-16(21)11-23-14-4-2-1-3-5-14/h1-8H,9-11H2,(H,20,21). The first-order valence-electron chi connectivity index (χ1n) is 7.08. The second kappa shape index (κ2) is 8.88. The molecule has 0 atom stereocenters. The molecule has 0 aliphatic carbocycles. The van der Waals surface area contributed by atoms with E-state index in [0.717, 1.165) is 6.07 Å². The lowest BCUT2D eigenvalue weighted by Crippen LogP contribution is -2.34. The highest BCUT2D eigenvalue weighted by molar-refractivity contribution is 6.31. The van der Waals surface area contributed by atoms with E-state index in [1.807, 2.05) is 6.07 Å². The van der Waals surface area contributed by atoms with Crippen molar-refractivity contribution in [1.29, 1.82) is 0 Å². The van der Waals surface area contributed by atoms with Crippen molar-refractivity contribution in [3.8, 4) is 5.75 Å². The van der Waals surface area contributed by atoms with Gasteiger partial charge < -0.3 is 14.8 Å². The van der Waals surface area contributed by atoms with Gasteiger partial charge in [0.05, 0.1) is 5.02 Å². The zero-order valence-corrected chi connectivity index (χ0v) is 13.4. The van der Waals surface area contributed by atoms with Crippen molar-refractivity contribution in [3.05, 3.63) is 64.9 Å². The molecule has 0 radical (unpaired) electrons. The molecule has 0 aliphatic rings. The van der Waals surface area contributed by atoms with E-state index in [9.17, 15) is 14.0 Å². The van der Waals surface area contributed by atoms with E-state index in [4.69, 9.17) is 21.1 Å². The smallest absolute Gasteiger partial charge is 0.325 e. The van der Waals surface area contributed by atoms with Crippen LogP contribution in [0.5, 0.6) is 5.75 Å². The molecule has 0 aromatic heterocycles. The molecule has 1 N–H and O–H groups in total. The van der Waals surface area contributed by atoms with Crippen LogP contribution in [0, 0.1) is 5.82 Å². The third-order valence-electron chi connectivity index (χ3n) is 2.95. The Morgan fingerprint density at radius 3 is 2.58 bits per heavy atom. The van der Waals surface area contributed by atoms with Crippen LogP contribution in [0.15, 0.2) is 48.5 Å². The maximum atomic E-state index is 12.9. The first-order valence-corrected chi connectivity index (χ1v) is 7.46. The van der Waals surface area contributed by atoms with E-state index < -0.39 is 17.7 Å². The molecule has 0 aliphatic heterocycles. The molecule has 126 valence electrons. The minimum Gasteiger partial charge on any atom is -0.484 e. The van der Waals surface area contributed by atoms with Gasteiger partial charge in [-0.3, -0.25) is 9.59 Å². The van der Waals surface area contributed by atoms with Crippen molar-refractivity contribution in [3.63, 3.8) is 0 Å². The fourth-order valence-corrected chi connectivity index (χ4v) is 1.96. The van der Waals surface area contributed by atoms with Crippen LogP contribution in [0.4, 0.5) is 4.39 Å². The van der Waals surface area contributed by atoms with Crippen LogP contribution in [0.25, 0.3) is 0 Å². The number of carbonyl (C=O) groups is 2. The number of halogens is 2. The SMILES string of the molecule is O=C(COc1ccccc1)NCC(=O)OCc1ccc(F)cc1Cl. The fraction of sp³-hybridized carbons (Fsp3) is 0.176. The van der Waals surface area contributed by atoms with Gasteiger partial charge in [0.25, 0.3) is 5.91 Å². The summed E-state index contributed by atoms with van der Waals surface area (Å²) in [6.07, 6.45) is 0. The number of hydrogen-bond acceptors (Lipinski definition) is 4. The zero-order chi connectivity index (χ0) is 17.4. The molecule has 0 bridgehead atoms. The van der Waals surface area contributed by atoms with Gasteiger partial charge in [-0.2, -0.15) is 0 Å². The Morgan fingerprint density at radius 1 is 1.12 bits per heavy atom. The Hall–Kier alpha value is -2.60. The molecule has 0 fully saturated rings. The lowest BCUT2D eigenvalue weighted by Gasteiger charge is -2.08. The van der Waals surface area contributed by atoms with Crippen molar-refractivity contribution in [2.45, 2.75) is 6.61 Å². The molecule has 7 heteroatoms. The van der Waals surface area contributed by atoms with Gasteiger partial charge in [0, 0.05) is 5.56 Å². The molecular weight excluding hydrogens is 337 g/mol. The molecule has 0 unspecified atom stereocenters. The summed E-state index contributed by atoms with van der Waals surface area (Å²) in [5.41, 5.74) is 0.477. The largest absolute Gasteiger partial charge is 0.484 e. The predicted molar refractivity (Wildman–Crippen MR) is 86.2 cm³/mol. The van der Waals surface area contributed by atoms with Gasteiger partial charge in [-0.25, -0.2) is 4.39 Å². The number of nitrogens with one attached hydrogen (secondary N) is 1. The fourth-order valence-electron chi connectivity index (χ4n) is 1.74. The Balaban J connectivity index is 1.68. The number of ether oxygens (including phenoxy) is 2. The molecule has 2 rings (SSSR count). The number of hydrogen-bond donors (Lipinski definition) is 1. The van der Waals surface area contributed by atoms with Gasteiger partial charge in [0.1, 0.15) is 24.7 Å². The maximum absolute atomic E-state index is 12.9. The number of amides is 1. The van der Waals surface area contributed by atoms with E-state index in [-0.39, 0.29) is 24.8 Å². The number of para-hydroxylation sites is 1. The average Bonchev–Trinajstić information content (AvgIpc) is 2.58. The number of esters is 1. The highest BCUT2D eigenvalue weighted by Crippen LogP contribution is 2.17. The second-order valence-corrected chi connectivity index (χ2v) is 5.18. The van der Waals surface area contributed by atoms with Crippen molar-refractivity contribution in [2.75, 3.05) is 13.2 Å². The van der Waals surface area contributed by atoms with E-state index in [2.05, 4.69) is 5.32 Å². The normalized spacial score (nSPS) is 10.1. The van der Waals surface area contributed by atoms with Gasteiger partial charge in [-0.05, 0) is 24.3 Å². The first kappa shape index (κ1) is 17.7. The molecule has 0 saturated heterocycles. The molecular formula is C17H15ClFNO4.